The van der Waals surface area contributed by atoms with Gasteiger partial charge in [0.25, 0.3) is 5.91 Å². The summed E-state index contributed by atoms with van der Waals surface area (Å²) in [5.41, 5.74) is 4.37. The lowest BCUT2D eigenvalue weighted by Gasteiger charge is -2.23. The lowest BCUT2D eigenvalue weighted by atomic mass is 10.1. The second-order valence-corrected chi connectivity index (χ2v) is 6.26. The molecule has 0 aliphatic carbocycles. The first kappa shape index (κ1) is 16.0. The minimum Gasteiger partial charge on any atom is -0.335 e. The van der Waals surface area contributed by atoms with Crippen LogP contribution in [-0.4, -0.2) is 17.4 Å². The molecule has 3 heteroatoms. The lowest BCUT2D eigenvalue weighted by Crippen LogP contribution is -2.31. The number of carbonyl (C=O) groups excluding carboxylic acids is 1. The topological polar surface area (TPSA) is 20.3 Å². The van der Waals surface area contributed by atoms with E-state index in [2.05, 4.69) is 41.6 Å². The Morgan fingerprint density at radius 2 is 1.71 bits per heavy atom. The zero-order valence-electron chi connectivity index (χ0n) is 12.7. The Labute approximate surface area is 140 Å². The molecule has 2 aromatic rings. The molecule has 2 nitrogen and oxygen atoms in total. The van der Waals surface area contributed by atoms with Crippen LogP contribution in [-0.2, 0) is 6.54 Å². The first-order chi connectivity index (χ1) is 10.0. The third kappa shape index (κ3) is 3.64. The third-order valence-corrected chi connectivity index (χ3v) is 5.15. The summed E-state index contributed by atoms with van der Waals surface area (Å²) in [5, 5.41) is 0. The van der Waals surface area contributed by atoms with E-state index in [4.69, 9.17) is 0 Å². The van der Waals surface area contributed by atoms with E-state index in [9.17, 15) is 4.79 Å². The predicted octanol–water partition coefficient (Wildman–Crippen LogP) is 4.57. The van der Waals surface area contributed by atoms with E-state index >= 15 is 0 Å². The molecular weight excluding hydrogens is 373 g/mol. The average Bonchev–Trinajstić information content (AvgIpc) is 2.48. The van der Waals surface area contributed by atoms with E-state index in [0.717, 1.165) is 14.7 Å². The van der Waals surface area contributed by atoms with Gasteiger partial charge in [-0.25, -0.2) is 0 Å². The van der Waals surface area contributed by atoms with E-state index in [1.807, 2.05) is 49.1 Å². The number of benzene rings is 2. The Balaban J connectivity index is 2.27. The van der Waals surface area contributed by atoms with Crippen LogP contribution < -0.4 is 0 Å². The number of hydrogen-bond acceptors (Lipinski definition) is 1. The number of nitrogens with zero attached hydrogens (tertiary/aromatic N) is 1. The van der Waals surface area contributed by atoms with Gasteiger partial charge in [-0.15, -0.1) is 0 Å². The molecule has 2 aromatic carbocycles. The molecule has 0 saturated heterocycles. The van der Waals surface area contributed by atoms with Gasteiger partial charge in [0.15, 0.2) is 0 Å². The summed E-state index contributed by atoms with van der Waals surface area (Å²) in [6, 6.07) is 14.1. The zero-order chi connectivity index (χ0) is 15.4. The van der Waals surface area contributed by atoms with Crippen molar-refractivity contribution in [3.8, 4) is 0 Å². The van der Waals surface area contributed by atoms with Crippen molar-refractivity contribution in [1.82, 2.24) is 4.90 Å². The summed E-state index contributed by atoms with van der Waals surface area (Å²) in [4.78, 5) is 14.7. The van der Waals surface area contributed by atoms with Gasteiger partial charge in [-0.2, -0.15) is 0 Å². The molecule has 0 radical (unpaired) electrons. The smallest absolute Gasteiger partial charge is 0.255 e. The van der Waals surface area contributed by atoms with Crippen LogP contribution in [0.1, 0.15) is 34.0 Å². The van der Waals surface area contributed by atoms with Crippen molar-refractivity contribution >= 4 is 28.5 Å². The molecule has 21 heavy (non-hydrogen) atoms. The van der Waals surface area contributed by atoms with Crippen LogP contribution in [0.15, 0.2) is 42.5 Å². The number of amides is 1. The quantitative estimate of drug-likeness (QED) is 0.697. The van der Waals surface area contributed by atoms with E-state index in [0.29, 0.717) is 13.1 Å². The molecular formula is C18H20INO. The maximum absolute atomic E-state index is 12.8. The summed E-state index contributed by atoms with van der Waals surface area (Å²) < 4.78 is 1.04. The maximum Gasteiger partial charge on any atom is 0.255 e. The zero-order valence-corrected chi connectivity index (χ0v) is 14.8. The van der Waals surface area contributed by atoms with Gasteiger partial charge >= 0.3 is 0 Å². The molecule has 0 aromatic heterocycles. The third-order valence-electron chi connectivity index (χ3n) is 3.71. The second-order valence-electron chi connectivity index (χ2n) is 5.18. The lowest BCUT2D eigenvalue weighted by molar-refractivity contribution is 0.0751. The highest BCUT2D eigenvalue weighted by atomic mass is 127. The molecule has 1 amide bonds. The van der Waals surface area contributed by atoms with Crippen LogP contribution in [0.3, 0.4) is 0 Å². The molecule has 0 aliphatic heterocycles. The van der Waals surface area contributed by atoms with Crippen molar-refractivity contribution in [2.75, 3.05) is 6.54 Å². The molecule has 0 spiro atoms. The van der Waals surface area contributed by atoms with Gasteiger partial charge in [0.05, 0.1) is 5.56 Å². The molecule has 110 valence electrons. The summed E-state index contributed by atoms with van der Waals surface area (Å²) in [5.74, 6) is 0.105. The van der Waals surface area contributed by atoms with E-state index < -0.39 is 0 Å². The van der Waals surface area contributed by atoms with Crippen LogP contribution in [0.2, 0.25) is 0 Å². The Bertz CT molecular complexity index is 651. The molecule has 0 aliphatic rings. The Morgan fingerprint density at radius 3 is 2.38 bits per heavy atom. The van der Waals surface area contributed by atoms with Crippen LogP contribution in [0.25, 0.3) is 0 Å². The first-order valence-electron chi connectivity index (χ1n) is 7.13. The van der Waals surface area contributed by atoms with Crippen molar-refractivity contribution in [1.29, 1.82) is 0 Å². The first-order valence-corrected chi connectivity index (χ1v) is 8.21. The van der Waals surface area contributed by atoms with Gasteiger partial charge in [0.2, 0.25) is 0 Å². The summed E-state index contributed by atoms with van der Waals surface area (Å²) in [7, 11) is 0. The van der Waals surface area contributed by atoms with Gasteiger partial charge in [-0.1, -0.05) is 36.4 Å². The molecule has 0 heterocycles. The van der Waals surface area contributed by atoms with Crippen molar-refractivity contribution < 1.29 is 4.79 Å². The van der Waals surface area contributed by atoms with Crippen molar-refractivity contribution in [2.45, 2.75) is 27.3 Å². The van der Waals surface area contributed by atoms with E-state index in [-0.39, 0.29) is 5.91 Å². The molecule has 2 rings (SSSR count). The van der Waals surface area contributed by atoms with Gasteiger partial charge in [-0.3, -0.25) is 4.79 Å². The molecule has 0 fully saturated rings. The summed E-state index contributed by atoms with van der Waals surface area (Å²) in [6.07, 6.45) is 0. The normalized spacial score (nSPS) is 10.5. The number of carbonyl (C=O) groups is 1. The molecule has 0 bridgehead atoms. The van der Waals surface area contributed by atoms with Crippen LogP contribution in [0.4, 0.5) is 0 Å². The second kappa shape index (κ2) is 7.07. The molecule has 0 atom stereocenters. The van der Waals surface area contributed by atoms with Gasteiger partial charge in [-0.05, 0) is 66.1 Å². The van der Waals surface area contributed by atoms with E-state index in [1.165, 1.54) is 11.1 Å². The molecule has 0 N–H and O–H groups in total. The van der Waals surface area contributed by atoms with Crippen molar-refractivity contribution in [3.63, 3.8) is 0 Å². The number of rotatable bonds is 4. The van der Waals surface area contributed by atoms with Gasteiger partial charge in [0, 0.05) is 16.7 Å². The summed E-state index contributed by atoms with van der Waals surface area (Å²) >= 11 is 2.26. The summed E-state index contributed by atoms with van der Waals surface area (Å²) in [6.45, 7) is 7.52. The fraction of sp³-hybridized carbons (Fsp3) is 0.278. The van der Waals surface area contributed by atoms with Crippen LogP contribution in [0, 0.1) is 17.4 Å². The SMILES string of the molecule is CCN(Cc1ccccc1C)C(=O)c1cccc(C)c1I. The Kier molecular flexibility index (Phi) is 5.39. The Morgan fingerprint density at radius 1 is 1.05 bits per heavy atom. The maximum atomic E-state index is 12.8. The average molecular weight is 393 g/mol. The Hall–Kier alpha value is -1.36. The molecule has 0 unspecified atom stereocenters. The molecule has 0 saturated carbocycles. The largest absolute Gasteiger partial charge is 0.335 e. The van der Waals surface area contributed by atoms with Crippen LogP contribution >= 0.6 is 22.6 Å². The minimum absolute atomic E-state index is 0.105. The standard InChI is InChI=1S/C18H20INO/c1-4-20(12-15-10-6-5-8-13(15)2)18(21)16-11-7-9-14(3)17(16)19/h5-11H,4,12H2,1-3H3. The number of aryl methyl sites for hydroxylation is 2. The number of halogens is 1. The fourth-order valence-corrected chi connectivity index (χ4v) is 2.89. The van der Waals surface area contributed by atoms with Gasteiger partial charge < -0.3 is 4.90 Å². The predicted molar refractivity (Wildman–Crippen MR) is 95.5 cm³/mol. The minimum atomic E-state index is 0.105. The monoisotopic (exact) mass is 393 g/mol. The highest BCUT2D eigenvalue weighted by molar-refractivity contribution is 14.1. The number of hydrogen-bond donors (Lipinski definition) is 0. The highest BCUT2D eigenvalue weighted by Gasteiger charge is 2.18. The van der Waals surface area contributed by atoms with Gasteiger partial charge in [0.1, 0.15) is 0 Å². The van der Waals surface area contributed by atoms with Crippen molar-refractivity contribution in [3.05, 3.63) is 68.3 Å². The fourth-order valence-electron chi connectivity index (χ4n) is 2.30. The highest BCUT2D eigenvalue weighted by Crippen LogP contribution is 2.20. The van der Waals surface area contributed by atoms with Crippen molar-refractivity contribution in [2.24, 2.45) is 0 Å². The van der Waals surface area contributed by atoms with E-state index in [1.54, 1.807) is 0 Å². The van der Waals surface area contributed by atoms with Crippen LogP contribution in [0.5, 0.6) is 0 Å².